The monoisotopic (exact) mass is 456 g/mol. The Morgan fingerprint density at radius 3 is 2.68 bits per heavy atom. The van der Waals surface area contributed by atoms with Gasteiger partial charge in [-0.3, -0.25) is 0 Å². The van der Waals surface area contributed by atoms with E-state index in [0.717, 1.165) is 29.8 Å². The zero-order valence-electron chi connectivity index (χ0n) is 19.6. The minimum absolute atomic E-state index is 0.0983. The SMILES string of the molecule is COc1cccc(C(CCNC2CCC(c3ccccc3)CC2)c2cc(N)nc3[nH]nnc23)c1. The molecule has 1 aliphatic carbocycles. The molecule has 0 aliphatic heterocycles. The number of H-pyrrole nitrogens is 1. The van der Waals surface area contributed by atoms with Crippen molar-refractivity contribution in [2.24, 2.45) is 0 Å². The maximum atomic E-state index is 6.14. The predicted molar refractivity (Wildman–Crippen MR) is 135 cm³/mol. The van der Waals surface area contributed by atoms with Gasteiger partial charge in [-0.15, -0.1) is 5.10 Å². The van der Waals surface area contributed by atoms with Crippen molar-refractivity contribution in [3.05, 3.63) is 77.4 Å². The van der Waals surface area contributed by atoms with E-state index in [9.17, 15) is 0 Å². The lowest BCUT2D eigenvalue weighted by atomic mass is 9.81. The number of aromatic nitrogens is 4. The van der Waals surface area contributed by atoms with Gasteiger partial charge in [-0.25, -0.2) is 10.1 Å². The molecule has 34 heavy (non-hydrogen) atoms. The fourth-order valence-corrected chi connectivity index (χ4v) is 5.30. The Kier molecular flexibility index (Phi) is 6.72. The highest BCUT2D eigenvalue weighted by molar-refractivity contribution is 5.77. The molecule has 0 radical (unpaired) electrons. The number of nitrogens with one attached hydrogen (secondary N) is 2. The van der Waals surface area contributed by atoms with Crippen molar-refractivity contribution in [3.8, 4) is 5.75 Å². The van der Waals surface area contributed by atoms with Crippen LogP contribution in [0.2, 0.25) is 0 Å². The molecule has 1 saturated carbocycles. The summed E-state index contributed by atoms with van der Waals surface area (Å²) in [6.45, 7) is 0.907. The highest BCUT2D eigenvalue weighted by Crippen LogP contribution is 2.35. The van der Waals surface area contributed by atoms with Crippen molar-refractivity contribution in [2.75, 3.05) is 19.4 Å². The molecule has 0 spiro atoms. The van der Waals surface area contributed by atoms with E-state index in [4.69, 9.17) is 10.5 Å². The first-order chi connectivity index (χ1) is 16.7. The van der Waals surface area contributed by atoms with Gasteiger partial charge in [0.1, 0.15) is 17.1 Å². The summed E-state index contributed by atoms with van der Waals surface area (Å²) in [4.78, 5) is 4.35. The van der Waals surface area contributed by atoms with Crippen LogP contribution < -0.4 is 15.8 Å². The molecule has 0 saturated heterocycles. The van der Waals surface area contributed by atoms with Crippen molar-refractivity contribution in [1.29, 1.82) is 0 Å². The van der Waals surface area contributed by atoms with Crippen molar-refractivity contribution in [3.63, 3.8) is 0 Å². The number of anilines is 1. The van der Waals surface area contributed by atoms with Crippen LogP contribution in [0.25, 0.3) is 11.2 Å². The van der Waals surface area contributed by atoms with E-state index in [-0.39, 0.29) is 5.92 Å². The number of aromatic amines is 1. The van der Waals surface area contributed by atoms with Crippen LogP contribution >= 0.6 is 0 Å². The largest absolute Gasteiger partial charge is 0.497 e. The van der Waals surface area contributed by atoms with Crippen LogP contribution in [0.5, 0.6) is 5.75 Å². The topological polar surface area (TPSA) is 102 Å². The van der Waals surface area contributed by atoms with E-state index in [1.807, 2.05) is 18.2 Å². The third-order valence-electron chi connectivity index (χ3n) is 7.08. The molecule has 1 fully saturated rings. The number of fused-ring (bicyclic) bond motifs is 1. The molecule has 4 aromatic rings. The van der Waals surface area contributed by atoms with Gasteiger partial charge in [0.15, 0.2) is 5.65 Å². The van der Waals surface area contributed by atoms with Crippen LogP contribution in [0.1, 0.15) is 60.6 Å². The molecular weight excluding hydrogens is 424 g/mol. The van der Waals surface area contributed by atoms with Crippen molar-refractivity contribution >= 4 is 17.0 Å². The highest BCUT2D eigenvalue weighted by atomic mass is 16.5. The first kappa shape index (κ1) is 22.3. The van der Waals surface area contributed by atoms with Crippen LogP contribution in [0, 0.1) is 0 Å². The first-order valence-corrected chi connectivity index (χ1v) is 12.1. The number of pyridine rings is 1. The van der Waals surface area contributed by atoms with E-state index >= 15 is 0 Å². The van der Waals surface area contributed by atoms with Crippen LogP contribution in [0.4, 0.5) is 5.82 Å². The first-order valence-electron chi connectivity index (χ1n) is 12.1. The Bertz CT molecular complexity index is 1220. The minimum Gasteiger partial charge on any atom is -0.497 e. The lowest BCUT2D eigenvalue weighted by Gasteiger charge is -2.30. The second-order valence-electron chi connectivity index (χ2n) is 9.18. The van der Waals surface area contributed by atoms with Gasteiger partial charge in [0, 0.05) is 12.0 Å². The quantitative estimate of drug-likeness (QED) is 0.353. The average Bonchev–Trinajstić information content (AvgIpc) is 3.36. The average molecular weight is 457 g/mol. The number of nitrogens with two attached hydrogens (primary N) is 1. The number of methoxy groups -OCH3 is 1. The lowest BCUT2D eigenvalue weighted by molar-refractivity contribution is 0.340. The highest BCUT2D eigenvalue weighted by Gasteiger charge is 2.24. The molecule has 5 rings (SSSR count). The third kappa shape index (κ3) is 4.89. The van der Waals surface area contributed by atoms with Gasteiger partial charge in [-0.2, -0.15) is 0 Å². The van der Waals surface area contributed by atoms with Gasteiger partial charge in [0.2, 0.25) is 0 Å². The molecule has 2 heterocycles. The Morgan fingerprint density at radius 1 is 1.06 bits per heavy atom. The number of benzene rings is 2. The number of nitrogens with zero attached hydrogens (tertiary/aromatic N) is 3. The number of ether oxygens (including phenoxy) is 1. The van der Waals surface area contributed by atoms with Crippen LogP contribution in [0.15, 0.2) is 60.7 Å². The predicted octanol–water partition coefficient (Wildman–Crippen LogP) is 4.78. The van der Waals surface area contributed by atoms with Crippen LogP contribution in [-0.2, 0) is 0 Å². The summed E-state index contributed by atoms with van der Waals surface area (Å²) >= 11 is 0. The van der Waals surface area contributed by atoms with Gasteiger partial charge in [0.05, 0.1) is 7.11 Å². The molecule has 0 amide bonds. The Hall–Kier alpha value is -3.45. The molecule has 7 nitrogen and oxygen atoms in total. The Morgan fingerprint density at radius 2 is 1.88 bits per heavy atom. The summed E-state index contributed by atoms with van der Waals surface area (Å²) in [5.41, 5.74) is 11.2. The van der Waals surface area contributed by atoms with Gasteiger partial charge < -0.3 is 15.8 Å². The summed E-state index contributed by atoms with van der Waals surface area (Å²) in [5.74, 6) is 2.09. The Balaban J connectivity index is 1.29. The maximum absolute atomic E-state index is 6.14. The summed E-state index contributed by atoms with van der Waals surface area (Å²) in [7, 11) is 1.70. The second kappa shape index (κ2) is 10.2. The van der Waals surface area contributed by atoms with E-state index in [1.165, 1.54) is 36.8 Å². The number of hydrogen-bond donors (Lipinski definition) is 3. The fourth-order valence-electron chi connectivity index (χ4n) is 5.30. The summed E-state index contributed by atoms with van der Waals surface area (Å²) in [5, 5.41) is 15.0. The standard InChI is InChI=1S/C27H32N6O/c1-34-22-9-5-8-20(16-22)23(24-17-25(28)30-27-26(24)31-33-32-27)14-15-29-21-12-10-19(11-13-21)18-6-3-2-4-7-18/h2-9,16-17,19,21,23,29H,10-15H2,1H3,(H3,28,30,31,32,33). The minimum atomic E-state index is 0.0983. The third-order valence-corrected chi connectivity index (χ3v) is 7.08. The van der Waals surface area contributed by atoms with Crippen molar-refractivity contribution in [1.82, 2.24) is 25.7 Å². The lowest BCUT2D eigenvalue weighted by Crippen LogP contribution is -2.34. The molecule has 1 aliphatic rings. The van der Waals surface area contributed by atoms with E-state index < -0.39 is 0 Å². The van der Waals surface area contributed by atoms with E-state index in [0.29, 0.717) is 23.4 Å². The smallest absolute Gasteiger partial charge is 0.178 e. The van der Waals surface area contributed by atoms with E-state index in [2.05, 4.69) is 68.2 Å². The van der Waals surface area contributed by atoms with Gasteiger partial charge in [-0.1, -0.05) is 47.7 Å². The second-order valence-corrected chi connectivity index (χ2v) is 9.18. The molecule has 1 unspecified atom stereocenters. The number of hydrogen-bond acceptors (Lipinski definition) is 6. The molecule has 1 atom stereocenters. The van der Waals surface area contributed by atoms with Crippen molar-refractivity contribution in [2.45, 2.75) is 50.0 Å². The van der Waals surface area contributed by atoms with Crippen LogP contribution in [0.3, 0.4) is 0 Å². The van der Waals surface area contributed by atoms with Gasteiger partial charge in [-0.05, 0) is 79.5 Å². The molecular formula is C27H32N6O. The summed E-state index contributed by atoms with van der Waals surface area (Å²) in [6, 6.07) is 21.6. The summed E-state index contributed by atoms with van der Waals surface area (Å²) in [6.07, 6.45) is 5.80. The zero-order chi connectivity index (χ0) is 23.3. The molecule has 7 heteroatoms. The maximum Gasteiger partial charge on any atom is 0.178 e. The normalized spacial score (nSPS) is 19.2. The van der Waals surface area contributed by atoms with Gasteiger partial charge in [0.25, 0.3) is 0 Å². The van der Waals surface area contributed by atoms with Crippen LogP contribution in [-0.4, -0.2) is 40.1 Å². The summed E-state index contributed by atoms with van der Waals surface area (Å²) < 4.78 is 5.50. The number of nitrogen functional groups attached to an aromatic ring is 1. The Labute approximate surface area is 200 Å². The molecule has 2 aromatic carbocycles. The fraction of sp³-hybridized carbons (Fsp3) is 0.370. The molecule has 4 N–H and O–H groups in total. The molecule has 176 valence electrons. The van der Waals surface area contributed by atoms with Crippen molar-refractivity contribution < 1.29 is 4.74 Å². The molecule has 0 bridgehead atoms. The molecule has 2 aromatic heterocycles. The van der Waals surface area contributed by atoms with Gasteiger partial charge >= 0.3 is 0 Å². The number of rotatable bonds is 8. The zero-order valence-corrected chi connectivity index (χ0v) is 19.6. The van der Waals surface area contributed by atoms with E-state index in [1.54, 1.807) is 7.11 Å².